The van der Waals surface area contributed by atoms with Crippen LogP contribution in [0.25, 0.3) is 0 Å². The number of benzene rings is 1. The number of thiocarbonyl (C=S) groups is 1. The number of rotatable bonds is 6. The van der Waals surface area contributed by atoms with Crippen LogP contribution in [0.1, 0.15) is 31.7 Å². The molecule has 0 aliphatic carbocycles. The molecule has 0 aliphatic rings. The van der Waals surface area contributed by atoms with Gasteiger partial charge in [0.25, 0.3) is 0 Å². The van der Waals surface area contributed by atoms with Gasteiger partial charge in [-0.1, -0.05) is 66.3 Å². The smallest absolute Gasteiger partial charge is 0.228 e. The maximum atomic E-state index is 11.9. The van der Waals surface area contributed by atoms with Crippen molar-refractivity contribution in [3.8, 4) is 0 Å². The molecule has 1 amide bonds. The van der Waals surface area contributed by atoms with Crippen LogP contribution in [0.2, 0.25) is 0 Å². The van der Waals surface area contributed by atoms with E-state index in [9.17, 15) is 4.79 Å². The lowest BCUT2D eigenvalue weighted by molar-refractivity contribution is -0.122. The van der Waals surface area contributed by atoms with E-state index in [-0.39, 0.29) is 11.0 Å². The molecule has 8 heteroatoms. The number of hydrogen-bond donors (Lipinski definition) is 3. The predicted octanol–water partition coefficient (Wildman–Crippen LogP) is 4.28. The number of carbonyl (C=O) groups excluding carboxylic acids is 1. The summed E-state index contributed by atoms with van der Waals surface area (Å²) < 4.78 is -1.74. The molecule has 0 radical (unpaired) electrons. The average molecular weight is 397 g/mol. The fraction of sp³-hybridized carbons (Fsp3) is 0.467. The summed E-state index contributed by atoms with van der Waals surface area (Å²) in [5.74, 6) is -0.200. The minimum absolute atomic E-state index is 0.200. The van der Waals surface area contributed by atoms with Gasteiger partial charge in [0.15, 0.2) is 5.11 Å². The van der Waals surface area contributed by atoms with Crippen molar-refractivity contribution in [2.75, 3.05) is 5.32 Å². The molecule has 1 aromatic rings. The quantitative estimate of drug-likeness (QED) is 0.381. The Morgan fingerprint density at radius 3 is 2.48 bits per heavy atom. The largest absolute Gasteiger partial charge is 0.339 e. The highest BCUT2D eigenvalue weighted by Crippen LogP contribution is 2.29. The SMILES string of the molecule is CCCCC(=O)NC(NC(=S)Nc1ccccc1C)C(Cl)(Cl)Cl. The molecule has 128 valence electrons. The van der Waals surface area contributed by atoms with E-state index in [1.807, 2.05) is 38.1 Å². The van der Waals surface area contributed by atoms with Crippen molar-refractivity contribution in [1.29, 1.82) is 0 Å². The van der Waals surface area contributed by atoms with Gasteiger partial charge in [-0.2, -0.15) is 0 Å². The van der Waals surface area contributed by atoms with Crippen molar-refractivity contribution in [2.45, 2.75) is 43.1 Å². The third kappa shape index (κ3) is 7.57. The lowest BCUT2D eigenvalue weighted by Gasteiger charge is -2.28. The number of carbonyl (C=O) groups is 1. The minimum Gasteiger partial charge on any atom is -0.339 e. The number of aryl methyl sites for hydroxylation is 1. The van der Waals surface area contributed by atoms with E-state index in [1.165, 1.54) is 0 Å². The molecular formula is C15H20Cl3N3OS. The molecule has 1 unspecified atom stereocenters. The Bertz CT molecular complexity index is 549. The van der Waals surface area contributed by atoms with E-state index in [1.54, 1.807) is 0 Å². The molecule has 0 fully saturated rings. The van der Waals surface area contributed by atoms with Crippen LogP contribution in [0.5, 0.6) is 0 Å². The van der Waals surface area contributed by atoms with Crippen LogP contribution in [0.15, 0.2) is 24.3 Å². The first-order valence-corrected chi connectivity index (χ1v) is 8.77. The van der Waals surface area contributed by atoms with Gasteiger partial charge >= 0.3 is 0 Å². The molecule has 3 N–H and O–H groups in total. The van der Waals surface area contributed by atoms with Gasteiger partial charge in [0.1, 0.15) is 6.17 Å². The normalized spacial score (nSPS) is 12.4. The first-order valence-electron chi connectivity index (χ1n) is 7.23. The third-order valence-electron chi connectivity index (χ3n) is 3.06. The summed E-state index contributed by atoms with van der Waals surface area (Å²) >= 11 is 23.0. The zero-order valence-corrected chi connectivity index (χ0v) is 16.0. The maximum Gasteiger partial charge on any atom is 0.228 e. The molecule has 1 rings (SSSR count). The van der Waals surface area contributed by atoms with E-state index < -0.39 is 9.96 Å². The van der Waals surface area contributed by atoms with Crippen LogP contribution in [0.4, 0.5) is 5.69 Å². The highest BCUT2D eigenvalue weighted by molar-refractivity contribution is 7.80. The lowest BCUT2D eigenvalue weighted by atomic mass is 10.2. The number of alkyl halides is 3. The Kier molecular flexibility index (Phi) is 8.40. The second-order valence-electron chi connectivity index (χ2n) is 5.06. The van der Waals surface area contributed by atoms with Gasteiger partial charge in [-0.05, 0) is 37.2 Å². The summed E-state index contributed by atoms with van der Waals surface area (Å²) in [5, 5.41) is 8.76. The molecule has 1 atom stereocenters. The number of anilines is 1. The molecule has 0 aromatic heterocycles. The predicted molar refractivity (Wildman–Crippen MR) is 102 cm³/mol. The summed E-state index contributed by atoms with van der Waals surface area (Å²) in [6.07, 6.45) is 1.12. The second-order valence-corrected chi connectivity index (χ2v) is 7.84. The topological polar surface area (TPSA) is 53.2 Å². The molecule has 0 saturated carbocycles. The van der Waals surface area contributed by atoms with Crippen LogP contribution >= 0.6 is 47.0 Å². The number of nitrogens with one attached hydrogen (secondary N) is 3. The highest BCUT2D eigenvalue weighted by Gasteiger charge is 2.34. The summed E-state index contributed by atoms with van der Waals surface area (Å²) in [4.78, 5) is 11.9. The maximum absolute atomic E-state index is 11.9. The summed E-state index contributed by atoms with van der Waals surface area (Å²) in [6, 6.07) is 7.64. The number of para-hydroxylation sites is 1. The van der Waals surface area contributed by atoms with Crippen molar-refractivity contribution in [3.63, 3.8) is 0 Å². The van der Waals surface area contributed by atoms with E-state index >= 15 is 0 Å². The molecule has 23 heavy (non-hydrogen) atoms. The third-order valence-corrected chi connectivity index (χ3v) is 3.93. The number of halogens is 3. The summed E-state index contributed by atoms with van der Waals surface area (Å²) in [7, 11) is 0. The molecule has 0 aliphatic heterocycles. The average Bonchev–Trinajstić information content (AvgIpc) is 2.46. The first-order chi connectivity index (χ1) is 10.7. The van der Waals surface area contributed by atoms with Crippen molar-refractivity contribution in [2.24, 2.45) is 0 Å². The van der Waals surface area contributed by atoms with Gasteiger partial charge in [0, 0.05) is 12.1 Å². The zero-order valence-electron chi connectivity index (χ0n) is 13.0. The van der Waals surface area contributed by atoms with E-state index in [4.69, 9.17) is 47.0 Å². The Morgan fingerprint density at radius 1 is 1.26 bits per heavy atom. The first kappa shape index (κ1) is 20.3. The Balaban J connectivity index is 2.68. The van der Waals surface area contributed by atoms with Gasteiger partial charge in [-0.3, -0.25) is 4.79 Å². The van der Waals surface area contributed by atoms with Gasteiger partial charge in [-0.15, -0.1) is 0 Å². The van der Waals surface area contributed by atoms with Crippen molar-refractivity contribution >= 4 is 63.7 Å². The minimum atomic E-state index is -1.74. The van der Waals surface area contributed by atoms with Gasteiger partial charge in [0.2, 0.25) is 9.70 Å². The molecule has 1 aromatic carbocycles. The molecule has 0 spiro atoms. The van der Waals surface area contributed by atoms with Crippen molar-refractivity contribution in [3.05, 3.63) is 29.8 Å². The zero-order chi connectivity index (χ0) is 17.5. The van der Waals surface area contributed by atoms with E-state index in [0.29, 0.717) is 6.42 Å². The molecule has 0 saturated heterocycles. The van der Waals surface area contributed by atoms with E-state index in [2.05, 4.69) is 16.0 Å². The monoisotopic (exact) mass is 395 g/mol. The standard InChI is InChI=1S/C15H20Cl3N3OS/c1-3-4-9-12(22)20-13(15(16,17)18)21-14(23)19-11-8-6-5-7-10(11)2/h5-8,13H,3-4,9H2,1-2H3,(H,20,22)(H2,19,21,23). The van der Waals surface area contributed by atoms with Crippen molar-refractivity contribution in [1.82, 2.24) is 10.6 Å². The molecule has 0 bridgehead atoms. The Hall–Kier alpha value is -0.750. The van der Waals surface area contributed by atoms with Crippen LogP contribution in [-0.4, -0.2) is 21.0 Å². The van der Waals surface area contributed by atoms with Gasteiger partial charge in [0.05, 0.1) is 0 Å². The number of hydrogen-bond acceptors (Lipinski definition) is 2. The fourth-order valence-electron chi connectivity index (χ4n) is 1.77. The fourth-order valence-corrected chi connectivity index (χ4v) is 2.33. The van der Waals surface area contributed by atoms with Crippen LogP contribution in [0.3, 0.4) is 0 Å². The number of unbranched alkanes of at least 4 members (excludes halogenated alkanes) is 1. The Labute approximate surface area is 157 Å². The highest BCUT2D eigenvalue weighted by atomic mass is 35.6. The van der Waals surface area contributed by atoms with Crippen LogP contribution in [-0.2, 0) is 4.79 Å². The lowest BCUT2D eigenvalue weighted by Crippen LogP contribution is -2.56. The summed E-state index contributed by atoms with van der Waals surface area (Å²) in [5.41, 5.74) is 1.86. The summed E-state index contributed by atoms with van der Waals surface area (Å²) in [6.45, 7) is 3.95. The molecule has 4 nitrogen and oxygen atoms in total. The van der Waals surface area contributed by atoms with Crippen LogP contribution in [0, 0.1) is 6.92 Å². The van der Waals surface area contributed by atoms with Crippen molar-refractivity contribution < 1.29 is 4.79 Å². The molecule has 0 heterocycles. The van der Waals surface area contributed by atoms with E-state index in [0.717, 1.165) is 24.1 Å². The Morgan fingerprint density at radius 2 is 1.91 bits per heavy atom. The second kappa shape index (κ2) is 9.52. The van der Waals surface area contributed by atoms with Gasteiger partial charge in [-0.25, -0.2) is 0 Å². The van der Waals surface area contributed by atoms with Crippen LogP contribution < -0.4 is 16.0 Å². The number of amides is 1. The van der Waals surface area contributed by atoms with Gasteiger partial charge < -0.3 is 16.0 Å². The molecular weight excluding hydrogens is 377 g/mol.